The summed E-state index contributed by atoms with van der Waals surface area (Å²) in [5, 5.41) is 34.0. The largest absolute Gasteiger partial charge is 0.467 e. The number of benzene rings is 2. The van der Waals surface area contributed by atoms with Crippen LogP contribution in [0.1, 0.15) is 83.2 Å². The molecule has 0 heterocycles. The molecule has 6 rings (SSSR count). The zero-order chi connectivity index (χ0) is 35.7. The molecule has 2 unspecified atom stereocenters. The fourth-order valence-corrected chi connectivity index (χ4v) is 4.65. The number of carbonyl (C=O) groups excluding carboxylic acids is 4. The molecule has 3 amide bonds. The highest BCUT2D eigenvalue weighted by atomic mass is 16.5. The molecule has 4 fully saturated rings. The molecule has 2 aromatic carbocycles. The first-order valence-corrected chi connectivity index (χ1v) is 16.3. The van der Waals surface area contributed by atoms with E-state index < -0.39 is 47.0 Å². The van der Waals surface area contributed by atoms with Crippen LogP contribution in [0.5, 0.6) is 0 Å². The number of carbonyl (C=O) groups is 4. The van der Waals surface area contributed by atoms with Gasteiger partial charge < -0.3 is 25.6 Å². The van der Waals surface area contributed by atoms with Gasteiger partial charge in [0, 0.05) is 34.1 Å². The van der Waals surface area contributed by atoms with Crippen LogP contribution in [0.15, 0.2) is 48.5 Å². The van der Waals surface area contributed by atoms with Crippen molar-refractivity contribution < 1.29 is 39.3 Å². The topological polar surface area (TPSA) is 174 Å². The van der Waals surface area contributed by atoms with Crippen molar-refractivity contribution in [2.75, 3.05) is 7.11 Å². The lowest BCUT2D eigenvalue weighted by Gasteiger charge is -2.21. The lowest BCUT2D eigenvalue weighted by Crippen LogP contribution is -2.54. The summed E-state index contributed by atoms with van der Waals surface area (Å²) in [6, 6.07) is 11.0. The fourth-order valence-electron chi connectivity index (χ4n) is 4.65. The molecule has 50 heavy (non-hydrogen) atoms. The van der Waals surface area contributed by atoms with Gasteiger partial charge in [-0.3, -0.25) is 19.6 Å². The molecule has 2 aromatic rings. The number of hydrogen-bond acceptors (Lipinski definition) is 8. The van der Waals surface area contributed by atoms with Crippen LogP contribution in [0.4, 0.5) is 0 Å². The first kappa shape index (κ1) is 35.7. The van der Waals surface area contributed by atoms with E-state index in [0.717, 1.165) is 24.0 Å². The van der Waals surface area contributed by atoms with Crippen molar-refractivity contribution in [3.63, 3.8) is 0 Å². The highest BCUT2D eigenvalue weighted by Gasteiger charge is 2.53. The van der Waals surface area contributed by atoms with E-state index in [1.165, 1.54) is 25.4 Å². The second-order valence-electron chi connectivity index (χ2n) is 12.8. The Balaban J connectivity index is 0.000000194. The average molecular weight is 676 g/mol. The number of nitrogens with one attached hydrogen (secondary N) is 3. The number of aliphatic hydroxyl groups is 2. The predicted molar refractivity (Wildman–Crippen MR) is 180 cm³/mol. The van der Waals surface area contributed by atoms with Gasteiger partial charge >= 0.3 is 5.97 Å². The first-order chi connectivity index (χ1) is 24.0. The van der Waals surface area contributed by atoms with E-state index in [2.05, 4.69) is 62.7 Å². The van der Waals surface area contributed by atoms with Crippen LogP contribution in [-0.4, -0.2) is 69.5 Å². The van der Waals surface area contributed by atoms with Crippen molar-refractivity contribution in [1.29, 1.82) is 0 Å². The molecule has 0 bridgehead atoms. The number of methoxy groups -OCH3 is 1. The van der Waals surface area contributed by atoms with E-state index in [1.807, 2.05) is 0 Å². The fraction of sp³-hybridized carbons (Fsp3) is 0.385. The van der Waals surface area contributed by atoms with Crippen molar-refractivity contribution in [2.45, 2.75) is 74.7 Å². The minimum atomic E-state index is -1.30. The summed E-state index contributed by atoms with van der Waals surface area (Å²) >= 11 is 0. The van der Waals surface area contributed by atoms with E-state index in [-0.39, 0.29) is 0 Å². The Bertz CT molecular complexity index is 1740. The summed E-state index contributed by atoms with van der Waals surface area (Å²) in [6.45, 7) is 0. The number of hydrogen-bond donors (Lipinski definition) is 6. The molecule has 4 aliphatic carbocycles. The van der Waals surface area contributed by atoms with Gasteiger partial charge in [-0.1, -0.05) is 23.7 Å². The highest BCUT2D eigenvalue weighted by molar-refractivity contribution is 5.98. The maximum Gasteiger partial charge on any atom is 0.331 e. The zero-order valence-electron chi connectivity index (χ0n) is 27.5. The van der Waals surface area contributed by atoms with E-state index >= 15 is 0 Å². The van der Waals surface area contributed by atoms with Gasteiger partial charge in [0.1, 0.15) is 6.04 Å². The van der Waals surface area contributed by atoms with Crippen LogP contribution in [0.2, 0.25) is 0 Å². The first-order valence-electron chi connectivity index (χ1n) is 16.3. The van der Waals surface area contributed by atoms with Crippen LogP contribution in [0, 0.1) is 59.2 Å². The lowest BCUT2D eigenvalue weighted by atomic mass is 10.1. The maximum atomic E-state index is 12.3. The van der Waals surface area contributed by atoms with Gasteiger partial charge in [-0.15, -0.1) is 0 Å². The Morgan fingerprint density at radius 3 is 1.44 bits per heavy atom. The summed E-state index contributed by atoms with van der Waals surface area (Å²) < 4.78 is 4.67. The van der Waals surface area contributed by atoms with E-state index in [1.54, 1.807) is 48.5 Å². The SMILES string of the molecule is COC(=O)C(NC(=O)c1ccc(C#CC#CC2CC2)cc1)C1(O)CC1.O=C(NC(C(=O)NO)C1(O)CC1)c1ccc(C#CC#CC2CC2)cc1. The standard InChI is InChI=1S/C20H19NO4.C19H18N2O4/c1-25-19(23)17(20(24)12-13-20)21-18(22)16-10-8-15(9-11-16)5-3-2-4-14-6-7-14;22-17(20-16(18(23)21-25)19(24)11-12-19)15-9-7-14(8-10-15)4-2-1-3-13-5-6-13/h8-11,14,17,24H,6-7,12-13H2,1H3,(H,21,22);7-10,13,16,24-25H,5-6,11-12H2,(H,20,22)(H,21,23). The van der Waals surface area contributed by atoms with Crippen molar-refractivity contribution in [3.05, 3.63) is 70.8 Å². The molecule has 0 aromatic heterocycles. The van der Waals surface area contributed by atoms with Crippen molar-refractivity contribution in [2.24, 2.45) is 11.8 Å². The number of amides is 3. The summed E-state index contributed by atoms with van der Waals surface area (Å²) in [5.41, 5.74) is 1.17. The second-order valence-corrected chi connectivity index (χ2v) is 12.8. The number of ether oxygens (including phenoxy) is 1. The highest BCUT2D eigenvalue weighted by Crippen LogP contribution is 2.39. The molecule has 6 N–H and O–H groups in total. The normalized spacial score (nSPS) is 17.8. The molecular weight excluding hydrogens is 638 g/mol. The summed E-state index contributed by atoms with van der Waals surface area (Å²) in [7, 11) is 1.23. The molecule has 4 saturated carbocycles. The lowest BCUT2D eigenvalue weighted by molar-refractivity contribution is -0.146. The third-order valence-electron chi connectivity index (χ3n) is 8.50. The van der Waals surface area contributed by atoms with Crippen LogP contribution in [0.3, 0.4) is 0 Å². The molecule has 0 radical (unpaired) electrons. The third-order valence-corrected chi connectivity index (χ3v) is 8.50. The Labute approximate surface area is 290 Å². The molecule has 11 nitrogen and oxygen atoms in total. The van der Waals surface area contributed by atoms with Crippen LogP contribution >= 0.6 is 0 Å². The van der Waals surface area contributed by atoms with Crippen molar-refractivity contribution in [3.8, 4) is 47.4 Å². The zero-order valence-corrected chi connectivity index (χ0v) is 27.5. The van der Waals surface area contributed by atoms with Gasteiger partial charge in [0.05, 0.1) is 18.3 Å². The molecule has 2 atom stereocenters. The predicted octanol–water partition coefficient (Wildman–Crippen LogP) is 1.83. The van der Waals surface area contributed by atoms with E-state index in [0.29, 0.717) is 48.6 Å². The van der Waals surface area contributed by atoms with Crippen molar-refractivity contribution in [1.82, 2.24) is 16.1 Å². The molecule has 11 heteroatoms. The van der Waals surface area contributed by atoms with Crippen LogP contribution in [-0.2, 0) is 14.3 Å². The van der Waals surface area contributed by atoms with Gasteiger partial charge in [-0.25, -0.2) is 10.3 Å². The quantitative estimate of drug-likeness (QED) is 0.106. The van der Waals surface area contributed by atoms with Gasteiger partial charge in [-0.05, 0) is 124 Å². The molecule has 256 valence electrons. The Kier molecular flexibility index (Phi) is 11.3. The monoisotopic (exact) mass is 675 g/mol. The maximum absolute atomic E-state index is 12.3. The molecule has 0 spiro atoms. The number of rotatable bonds is 8. The molecule has 0 saturated heterocycles. The Morgan fingerprint density at radius 2 is 1.08 bits per heavy atom. The minimum absolute atomic E-state index is 0.328. The van der Waals surface area contributed by atoms with Gasteiger partial charge in [0.2, 0.25) is 0 Å². The van der Waals surface area contributed by atoms with Crippen molar-refractivity contribution >= 4 is 23.7 Å². The summed E-state index contributed by atoms with van der Waals surface area (Å²) in [5.74, 6) is 21.7. The smallest absolute Gasteiger partial charge is 0.331 e. The van der Waals surface area contributed by atoms with Crippen LogP contribution in [0.25, 0.3) is 0 Å². The number of esters is 1. The molecular formula is C39H37N3O8. The van der Waals surface area contributed by atoms with Gasteiger partial charge in [0.25, 0.3) is 17.7 Å². The summed E-state index contributed by atoms with van der Waals surface area (Å²) in [4.78, 5) is 48.0. The average Bonchev–Trinajstić information content (AvgIpc) is 3.92. The minimum Gasteiger partial charge on any atom is -0.467 e. The number of hydroxylamine groups is 1. The second kappa shape index (κ2) is 15.8. The van der Waals surface area contributed by atoms with Gasteiger partial charge in [0.15, 0.2) is 6.04 Å². The Morgan fingerprint density at radius 1 is 0.680 bits per heavy atom. The molecule has 0 aliphatic heterocycles. The molecule has 4 aliphatic rings. The van der Waals surface area contributed by atoms with Gasteiger partial charge in [-0.2, -0.15) is 0 Å². The third kappa shape index (κ3) is 10.2. The van der Waals surface area contributed by atoms with E-state index in [9.17, 15) is 29.4 Å². The Hall–Kier alpha value is -5.56. The summed E-state index contributed by atoms with van der Waals surface area (Å²) in [6.07, 6.45) is 6.35. The van der Waals surface area contributed by atoms with Crippen LogP contribution < -0.4 is 16.1 Å². The van der Waals surface area contributed by atoms with E-state index in [4.69, 9.17) is 5.21 Å².